The first-order chi connectivity index (χ1) is 15.0. The van der Waals surface area contributed by atoms with Gasteiger partial charge in [0, 0.05) is 68.4 Å². The highest BCUT2D eigenvalue weighted by atomic mass is 16.5. The van der Waals surface area contributed by atoms with Gasteiger partial charge >= 0.3 is 0 Å². The van der Waals surface area contributed by atoms with Crippen LogP contribution in [0.2, 0.25) is 0 Å². The first-order valence-corrected chi connectivity index (χ1v) is 12.7. The van der Waals surface area contributed by atoms with Crippen LogP contribution in [0.3, 0.4) is 0 Å². The molecule has 1 saturated heterocycles. The molecule has 0 aromatic heterocycles. The number of hydrogen-bond acceptors (Lipinski definition) is 6. The SMILES string of the molecule is CCO[C@]12C[C@H](OC)[C@H]3CC(C1[C@H]3O)[C@]13C4CC2[C@H]1N(CC)C[C@]4(CO)CC[C@@H]3OC. The summed E-state index contributed by atoms with van der Waals surface area (Å²) in [5, 5.41) is 22.5. The maximum absolute atomic E-state index is 11.7. The number of methoxy groups -OCH3 is 2. The standard InChI is InChI=1S/C25H41NO5/c1-5-26-12-23(13-27)8-7-19(30-4)25-15-9-14-17(29-3)11-24(31-6-2,20(15)21(14)28)16(22(25)26)10-18(23)25/h14-22,27-28H,5-13H2,1-4H3/t14-,15?,16?,17+,18?,19+,20?,21+,22-,23+,24+,25-/m1/s1. The van der Waals surface area contributed by atoms with E-state index in [1.54, 1.807) is 0 Å². The summed E-state index contributed by atoms with van der Waals surface area (Å²) in [5.41, 5.74) is -0.388. The zero-order chi connectivity index (χ0) is 21.8. The normalized spacial score (nSPS) is 59.2. The summed E-state index contributed by atoms with van der Waals surface area (Å²) in [6.07, 6.45) is 4.92. The van der Waals surface area contributed by atoms with Gasteiger partial charge in [0.2, 0.25) is 0 Å². The van der Waals surface area contributed by atoms with Gasteiger partial charge < -0.3 is 24.4 Å². The van der Waals surface area contributed by atoms with Crippen molar-refractivity contribution in [3.63, 3.8) is 0 Å². The minimum Gasteiger partial charge on any atom is -0.396 e. The molecule has 6 heteroatoms. The molecule has 6 nitrogen and oxygen atoms in total. The van der Waals surface area contributed by atoms with Gasteiger partial charge in [-0.15, -0.1) is 0 Å². The average molecular weight is 436 g/mol. The van der Waals surface area contributed by atoms with Crippen molar-refractivity contribution in [1.82, 2.24) is 4.90 Å². The van der Waals surface area contributed by atoms with E-state index in [1.807, 2.05) is 14.2 Å². The Bertz CT molecular complexity index is 735. The molecule has 12 atom stereocenters. The van der Waals surface area contributed by atoms with Crippen molar-refractivity contribution in [1.29, 1.82) is 0 Å². The minimum atomic E-state index is -0.369. The molecule has 4 unspecified atom stereocenters. The third-order valence-corrected chi connectivity index (χ3v) is 11.4. The van der Waals surface area contributed by atoms with Crippen LogP contribution in [0.5, 0.6) is 0 Å². The quantitative estimate of drug-likeness (QED) is 0.664. The monoisotopic (exact) mass is 435 g/mol. The number of piperidine rings is 1. The summed E-state index contributed by atoms with van der Waals surface area (Å²) >= 11 is 0. The van der Waals surface area contributed by atoms with Crippen molar-refractivity contribution in [3.8, 4) is 0 Å². The van der Waals surface area contributed by atoms with Gasteiger partial charge in [-0.2, -0.15) is 0 Å². The lowest BCUT2D eigenvalue weighted by Crippen LogP contribution is -2.76. The molecule has 0 amide bonds. The second kappa shape index (κ2) is 6.89. The van der Waals surface area contributed by atoms with Gasteiger partial charge in [0.25, 0.3) is 0 Å². The highest BCUT2D eigenvalue weighted by Crippen LogP contribution is 2.79. The lowest BCUT2D eigenvalue weighted by atomic mass is 9.43. The van der Waals surface area contributed by atoms with E-state index < -0.39 is 0 Å². The van der Waals surface area contributed by atoms with E-state index in [0.717, 1.165) is 45.2 Å². The maximum Gasteiger partial charge on any atom is 0.0806 e. The second-order valence-corrected chi connectivity index (χ2v) is 11.6. The Labute approximate surface area is 186 Å². The number of aliphatic hydroxyl groups excluding tert-OH is 2. The van der Waals surface area contributed by atoms with Gasteiger partial charge in [0.1, 0.15) is 0 Å². The fourth-order valence-corrected chi connectivity index (χ4v) is 10.9. The lowest BCUT2D eigenvalue weighted by molar-refractivity contribution is -0.284. The Morgan fingerprint density at radius 3 is 2.55 bits per heavy atom. The van der Waals surface area contributed by atoms with E-state index in [0.29, 0.717) is 30.4 Å². The van der Waals surface area contributed by atoms with E-state index in [2.05, 4.69) is 18.7 Å². The van der Waals surface area contributed by atoms with Gasteiger partial charge in [-0.3, -0.25) is 4.90 Å². The molecule has 6 aliphatic rings. The average Bonchev–Trinajstić information content (AvgIpc) is 3.18. The first-order valence-electron chi connectivity index (χ1n) is 12.7. The zero-order valence-corrected chi connectivity index (χ0v) is 19.6. The van der Waals surface area contributed by atoms with Crippen LogP contribution < -0.4 is 0 Å². The van der Waals surface area contributed by atoms with Crippen LogP contribution in [0.25, 0.3) is 0 Å². The van der Waals surface area contributed by atoms with Crippen LogP contribution in [0.1, 0.15) is 46.0 Å². The Morgan fingerprint density at radius 1 is 1.10 bits per heavy atom. The molecule has 31 heavy (non-hydrogen) atoms. The van der Waals surface area contributed by atoms with Crippen LogP contribution in [-0.4, -0.2) is 85.6 Å². The van der Waals surface area contributed by atoms with E-state index >= 15 is 0 Å². The zero-order valence-electron chi connectivity index (χ0n) is 19.6. The van der Waals surface area contributed by atoms with Crippen LogP contribution in [-0.2, 0) is 14.2 Å². The number of ether oxygens (including phenoxy) is 3. The summed E-state index contributed by atoms with van der Waals surface area (Å²) in [7, 11) is 3.70. The molecule has 0 aromatic rings. The Kier molecular flexibility index (Phi) is 4.74. The summed E-state index contributed by atoms with van der Waals surface area (Å²) in [6, 6.07) is 0.404. The van der Waals surface area contributed by atoms with E-state index in [4.69, 9.17) is 14.2 Å². The van der Waals surface area contributed by atoms with Crippen molar-refractivity contribution in [2.45, 2.75) is 75.9 Å². The molecular formula is C25H41NO5. The Balaban J connectivity index is 1.60. The van der Waals surface area contributed by atoms with Crippen molar-refractivity contribution in [3.05, 3.63) is 0 Å². The van der Waals surface area contributed by atoms with E-state index in [1.165, 1.54) is 0 Å². The molecule has 6 rings (SSSR count). The van der Waals surface area contributed by atoms with Crippen LogP contribution in [0.15, 0.2) is 0 Å². The van der Waals surface area contributed by atoms with Crippen LogP contribution >= 0.6 is 0 Å². The smallest absolute Gasteiger partial charge is 0.0806 e. The van der Waals surface area contributed by atoms with Gasteiger partial charge in [-0.1, -0.05) is 6.92 Å². The molecule has 5 saturated carbocycles. The van der Waals surface area contributed by atoms with Gasteiger partial charge in [0.05, 0.1) is 30.5 Å². The lowest BCUT2D eigenvalue weighted by Gasteiger charge is -2.69. The van der Waals surface area contributed by atoms with Crippen molar-refractivity contribution in [2.24, 2.45) is 40.4 Å². The minimum absolute atomic E-state index is 0.00170. The third-order valence-electron chi connectivity index (χ3n) is 11.4. The topological polar surface area (TPSA) is 71.4 Å². The molecule has 0 radical (unpaired) electrons. The first kappa shape index (κ1) is 21.3. The van der Waals surface area contributed by atoms with Gasteiger partial charge in [-0.05, 0) is 51.0 Å². The number of aliphatic hydroxyl groups is 2. The van der Waals surface area contributed by atoms with Crippen molar-refractivity contribution < 1.29 is 24.4 Å². The Hall–Kier alpha value is -0.240. The highest BCUT2D eigenvalue weighted by molar-refractivity contribution is 5.33. The number of fused-ring (bicyclic) bond motifs is 2. The Morgan fingerprint density at radius 2 is 1.90 bits per heavy atom. The number of nitrogens with zero attached hydrogens (tertiary/aromatic N) is 1. The predicted molar refractivity (Wildman–Crippen MR) is 115 cm³/mol. The van der Waals surface area contributed by atoms with Crippen molar-refractivity contribution >= 4 is 0 Å². The predicted octanol–water partition coefficient (Wildman–Crippen LogP) is 1.92. The third kappa shape index (κ3) is 2.17. The molecule has 0 aromatic carbocycles. The fourth-order valence-electron chi connectivity index (χ4n) is 10.9. The maximum atomic E-state index is 11.7. The number of hydrogen-bond donors (Lipinski definition) is 2. The summed E-state index contributed by atoms with van der Waals surface area (Å²) in [6.45, 7) is 7.29. The van der Waals surface area contributed by atoms with Gasteiger partial charge in [0.15, 0.2) is 0 Å². The highest BCUT2D eigenvalue weighted by Gasteiger charge is 2.84. The molecule has 5 aliphatic carbocycles. The van der Waals surface area contributed by atoms with E-state index in [9.17, 15) is 10.2 Å². The number of likely N-dealkylation sites (tertiary alicyclic amines) is 1. The molecular weight excluding hydrogens is 394 g/mol. The van der Waals surface area contributed by atoms with Crippen molar-refractivity contribution in [2.75, 3.05) is 40.5 Å². The molecule has 6 fully saturated rings. The molecule has 1 aliphatic heterocycles. The second-order valence-electron chi connectivity index (χ2n) is 11.6. The summed E-state index contributed by atoms with van der Waals surface area (Å²) in [4.78, 5) is 2.69. The molecule has 1 spiro atoms. The van der Waals surface area contributed by atoms with Crippen LogP contribution in [0, 0.1) is 40.4 Å². The van der Waals surface area contributed by atoms with Gasteiger partial charge in [-0.25, -0.2) is 0 Å². The molecule has 2 N–H and O–H groups in total. The van der Waals surface area contributed by atoms with E-state index in [-0.39, 0.29) is 53.2 Å². The molecule has 1 heterocycles. The summed E-state index contributed by atoms with van der Waals surface area (Å²) in [5.74, 6) is 1.49. The number of rotatable bonds is 6. The van der Waals surface area contributed by atoms with Crippen LogP contribution in [0.4, 0.5) is 0 Å². The molecule has 176 valence electrons. The largest absolute Gasteiger partial charge is 0.396 e. The summed E-state index contributed by atoms with van der Waals surface area (Å²) < 4.78 is 19.2. The fraction of sp³-hybridized carbons (Fsp3) is 1.00. The molecule has 7 bridgehead atoms.